The van der Waals surface area contributed by atoms with E-state index in [-0.39, 0.29) is 29.1 Å². The van der Waals surface area contributed by atoms with Gasteiger partial charge >= 0.3 is 0 Å². The molecule has 1 N–H and O–H groups in total. The highest BCUT2D eigenvalue weighted by Gasteiger charge is 2.36. The summed E-state index contributed by atoms with van der Waals surface area (Å²) in [7, 11) is -2.51. The fourth-order valence-corrected chi connectivity index (χ4v) is 5.96. The molecule has 1 saturated carbocycles. The number of nitrogens with one attached hydrogen (secondary N) is 1. The van der Waals surface area contributed by atoms with E-state index in [9.17, 15) is 13.2 Å². The van der Waals surface area contributed by atoms with Gasteiger partial charge in [0.25, 0.3) is 0 Å². The predicted octanol–water partition coefficient (Wildman–Crippen LogP) is 2.10. The number of benzene rings is 1. The molecule has 0 spiro atoms. The minimum absolute atomic E-state index is 0.0150. The van der Waals surface area contributed by atoms with Gasteiger partial charge in [-0.15, -0.1) is 0 Å². The Bertz CT molecular complexity index is 790. The second-order valence-electron chi connectivity index (χ2n) is 7.27. The van der Waals surface area contributed by atoms with Crippen LogP contribution in [0.4, 0.5) is 0 Å². The first-order valence-electron chi connectivity index (χ1n) is 9.77. The van der Waals surface area contributed by atoms with Crippen LogP contribution in [0, 0.1) is 0 Å². The van der Waals surface area contributed by atoms with Crippen LogP contribution in [-0.4, -0.2) is 69.4 Å². The summed E-state index contributed by atoms with van der Waals surface area (Å²) >= 11 is 6.08. The molecule has 1 aliphatic carbocycles. The first-order valence-corrected chi connectivity index (χ1v) is 11.6. The Balaban J connectivity index is 1.93. The molecule has 0 atom stereocenters. The second kappa shape index (κ2) is 9.43. The topological polar surface area (TPSA) is 79.0 Å². The van der Waals surface area contributed by atoms with Crippen molar-refractivity contribution < 1.29 is 17.9 Å². The maximum Gasteiger partial charge on any atom is 0.247 e. The first-order chi connectivity index (χ1) is 13.4. The summed E-state index contributed by atoms with van der Waals surface area (Å²) in [5.41, 5.74) is 0. The highest BCUT2D eigenvalue weighted by atomic mass is 35.5. The van der Waals surface area contributed by atoms with E-state index < -0.39 is 10.0 Å². The molecule has 0 radical (unpaired) electrons. The van der Waals surface area contributed by atoms with E-state index >= 15 is 0 Å². The van der Waals surface area contributed by atoms with E-state index in [4.69, 9.17) is 16.3 Å². The van der Waals surface area contributed by atoms with Crippen molar-refractivity contribution in [3.63, 3.8) is 0 Å². The number of halogens is 1. The molecule has 1 amide bonds. The molecule has 0 unspecified atom stereocenters. The van der Waals surface area contributed by atoms with Crippen LogP contribution in [0.25, 0.3) is 0 Å². The molecule has 2 fully saturated rings. The Morgan fingerprint density at radius 2 is 1.93 bits per heavy atom. The number of hydrogen-bond acceptors (Lipinski definition) is 5. The summed E-state index contributed by atoms with van der Waals surface area (Å²) in [6, 6.07) is 4.36. The third kappa shape index (κ3) is 4.79. The van der Waals surface area contributed by atoms with Crippen molar-refractivity contribution in [2.24, 2.45) is 0 Å². The number of ether oxygens (including phenoxy) is 1. The SMILES string of the molecule is COc1ccc(Cl)cc1S(=O)(=O)N(CC(=O)N1CCNCC1)C1CCCCC1. The van der Waals surface area contributed by atoms with Gasteiger partial charge in [0.15, 0.2) is 0 Å². The summed E-state index contributed by atoms with van der Waals surface area (Å²) in [6.45, 7) is 2.49. The average molecular weight is 430 g/mol. The molecule has 3 rings (SSSR count). The largest absolute Gasteiger partial charge is 0.495 e. The number of methoxy groups -OCH3 is 1. The van der Waals surface area contributed by atoms with Crippen LogP contribution in [0.1, 0.15) is 32.1 Å². The van der Waals surface area contributed by atoms with Crippen molar-refractivity contribution in [2.75, 3.05) is 39.8 Å². The van der Waals surface area contributed by atoms with Crippen molar-refractivity contribution in [3.8, 4) is 5.75 Å². The standard InChI is InChI=1S/C19H28ClN3O4S/c1-27-17-8-7-15(20)13-18(17)28(25,26)23(16-5-3-2-4-6-16)14-19(24)22-11-9-21-10-12-22/h7-8,13,16,21H,2-6,9-12,14H2,1H3. The van der Waals surface area contributed by atoms with Gasteiger partial charge in [-0.3, -0.25) is 4.79 Å². The molecule has 1 heterocycles. The van der Waals surface area contributed by atoms with Gasteiger partial charge < -0.3 is 15.0 Å². The van der Waals surface area contributed by atoms with Gasteiger partial charge in [0.1, 0.15) is 10.6 Å². The van der Waals surface area contributed by atoms with Gasteiger partial charge in [0, 0.05) is 37.2 Å². The van der Waals surface area contributed by atoms with Crippen LogP contribution in [0.2, 0.25) is 5.02 Å². The number of piperazine rings is 1. The number of nitrogens with zero attached hydrogens (tertiary/aromatic N) is 2. The zero-order valence-electron chi connectivity index (χ0n) is 16.2. The molecule has 28 heavy (non-hydrogen) atoms. The molecule has 1 saturated heterocycles. The third-order valence-corrected chi connectivity index (χ3v) is 7.61. The van der Waals surface area contributed by atoms with Crippen LogP contribution in [-0.2, 0) is 14.8 Å². The third-order valence-electron chi connectivity index (χ3n) is 5.46. The van der Waals surface area contributed by atoms with Crippen molar-refractivity contribution >= 4 is 27.5 Å². The normalized spacial score (nSPS) is 19.0. The molecule has 1 aromatic carbocycles. The molecule has 1 aliphatic heterocycles. The predicted molar refractivity (Wildman–Crippen MR) is 108 cm³/mol. The zero-order chi connectivity index (χ0) is 20.1. The van der Waals surface area contributed by atoms with Crippen LogP contribution in [0.5, 0.6) is 5.75 Å². The Morgan fingerprint density at radius 3 is 2.57 bits per heavy atom. The van der Waals surface area contributed by atoms with E-state index in [0.717, 1.165) is 45.2 Å². The van der Waals surface area contributed by atoms with Gasteiger partial charge in [-0.1, -0.05) is 30.9 Å². The summed E-state index contributed by atoms with van der Waals surface area (Å²) in [5, 5.41) is 3.52. The van der Waals surface area contributed by atoms with Crippen molar-refractivity contribution in [2.45, 2.75) is 43.0 Å². The monoisotopic (exact) mass is 429 g/mol. The molecule has 9 heteroatoms. The maximum absolute atomic E-state index is 13.6. The fraction of sp³-hybridized carbons (Fsp3) is 0.632. The summed E-state index contributed by atoms with van der Waals surface area (Å²) in [4.78, 5) is 14.6. The van der Waals surface area contributed by atoms with Gasteiger partial charge in [-0.25, -0.2) is 8.42 Å². The van der Waals surface area contributed by atoms with Gasteiger partial charge in [0.2, 0.25) is 15.9 Å². The molecule has 0 bridgehead atoms. The highest BCUT2D eigenvalue weighted by molar-refractivity contribution is 7.89. The quantitative estimate of drug-likeness (QED) is 0.749. The lowest BCUT2D eigenvalue weighted by Crippen LogP contribution is -2.52. The average Bonchev–Trinajstić information content (AvgIpc) is 2.73. The number of sulfonamides is 1. The number of carbonyl (C=O) groups is 1. The highest BCUT2D eigenvalue weighted by Crippen LogP contribution is 2.33. The Kier molecular flexibility index (Phi) is 7.20. The van der Waals surface area contributed by atoms with E-state index in [1.807, 2.05) is 0 Å². The van der Waals surface area contributed by atoms with Crippen LogP contribution >= 0.6 is 11.6 Å². The summed E-state index contributed by atoms with van der Waals surface area (Å²) in [6.07, 6.45) is 4.54. The molecule has 2 aliphatic rings. The van der Waals surface area contributed by atoms with E-state index in [1.165, 1.54) is 17.5 Å². The van der Waals surface area contributed by atoms with Crippen LogP contribution < -0.4 is 10.1 Å². The summed E-state index contributed by atoms with van der Waals surface area (Å²) in [5.74, 6) is 0.0801. The molecule has 0 aromatic heterocycles. The molecular formula is C19H28ClN3O4S. The lowest BCUT2D eigenvalue weighted by Gasteiger charge is -2.35. The molecular weight excluding hydrogens is 402 g/mol. The van der Waals surface area contributed by atoms with Crippen molar-refractivity contribution in [1.29, 1.82) is 0 Å². The van der Waals surface area contributed by atoms with Crippen LogP contribution in [0.15, 0.2) is 23.1 Å². The molecule has 156 valence electrons. The van der Waals surface area contributed by atoms with E-state index in [1.54, 1.807) is 17.0 Å². The van der Waals surface area contributed by atoms with Gasteiger partial charge in [0.05, 0.1) is 13.7 Å². The van der Waals surface area contributed by atoms with E-state index in [2.05, 4.69) is 5.32 Å². The van der Waals surface area contributed by atoms with Gasteiger partial charge in [-0.05, 0) is 31.0 Å². The Morgan fingerprint density at radius 1 is 1.25 bits per heavy atom. The lowest BCUT2D eigenvalue weighted by atomic mass is 9.95. The maximum atomic E-state index is 13.6. The van der Waals surface area contributed by atoms with Crippen LogP contribution in [0.3, 0.4) is 0 Å². The minimum Gasteiger partial charge on any atom is -0.495 e. The lowest BCUT2D eigenvalue weighted by molar-refractivity contribution is -0.132. The first kappa shape index (κ1) is 21.4. The zero-order valence-corrected chi connectivity index (χ0v) is 17.8. The smallest absolute Gasteiger partial charge is 0.247 e. The number of hydrogen-bond donors (Lipinski definition) is 1. The van der Waals surface area contributed by atoms with Crippen molar-refractivity contribution in [3.05, 3.63) is 23.2 Å². The Hall–Kier alpha value is -1.35. The number of rotatable bonds is 6. The van der Waals surface area contributed by atoms with Crippen molar-refractivity contribution in [1.82, 2.24) is 14.5 Å². The Labute approximate surface area is 172 Å². The number of amides is 1. The van der Waals surface area contributed by atoms with E-state index in [0.29, 0.717) is 18.1 Å². The minimum atomic E-state index is -3.94. The summed E-state index contributed by atoms with van der Waals surface area (Å²) < 4.78 is 33.8. The van der Waals surface area contributed by atoms with Gasteiger partial charge in [-0.2, -0.15) is 4.31 Å². The fourth-order valence-electron chi connectivity index (χ4n) is 3.91. The molecule has 7 nitrogen and oxygen atoms in total. The molecule has 1 aromatic rings. The second-order valence-corrected chi connectivity index (χ2v) is 9.56. The number of carbonyl (C=O) groups excluding carboxylic acids is 1.